The van der Waals surface area contributed by atoms with Crippen LogP contribution in [0.2, 0.25) is 0 Å². The Kier molecular flexibility index (Phi) is 4.45. The Balaban J connectivity index is 2.84. The summed E-state index contributed by atoms with van der Waals surface area (Å²) in [6.07, 6.45) is 0.912. The van der Waals surface area contributed by atoms with Crippen molar-refractivity contribution in [3.63, 3.8) is 0 Å². The summed E-state index contributed by atoms with van der Waals surface area (Å²) < 4.78 is 10.4. The number of nitriles is 1. The normalized spacial score (nSPS) is 9.40. The first kappa shape index (κ1) is 11.3. The molecular formula is C11H15N2O2+. The van der Waals surface area contributed by atoms with Crippen LogP contribution in [0.25, 0.3) is 0 Å². The lowest BCUT2D eigenvalue weighted by atomic mass is 10.1. The van der Waals surface area contributed by atoms with Gasteiger partial charge < -0.3 is 15.2 Å². The van der Waals surface area contributed by atoms with E-state index in [1.807, 2.05) is 24.3 Å². The quantitative estimate of drug-likeness (QED) is 0.759. The minimum absolute atomic E-state index is 0.0328. The number of benzene rings is 1. The summed E-state index contributed by atoms with van der Waals surface area (Å²) in [7, 11) is 1.59. The van der Waals surface area contributed by atoms with E-state index in [0.29, 0.717) is 11.5 Å². The van der Waals surface area contributed by atoms with Crippen LogP contribution >= 0.6 is 0 Å². The lowest BCUT2D eigenvalue weighted by Gasteiger charge is -2.09. The van der Waals surface area contributed by atoms with Crippen molar-refractivity contribution in [1.82, 2.24) is 0 Å². The van der Waals surface area contributed by atoms with Gasteiger partial charge >= 0.3 is 0 Å². The highest BCUT2D eigenvalue weighted by molar-refractivity contribution is 5.43. The molecule has 0 unspecified atom stereocenters. The molecule has 0 heterocycles. The molecule has 0 saturated carbocycles. The second kappa shape index (κ2) is 5.89. The van der Waals surface area contributed by atoms with E-state index in [1.54, 1.807) is 7.11 Å². The summed E-state index contributed by atoms with van der Waals surface area (Å²) >= 11 is 0. The fourth-order valence-corrected chi connectivity index (χ4v) is 1.30. The average molecular weight is 207 g/mol. The van der Waals surface area contributed by atoms with Gasteiger partial charge in [-0.1, -0.05) is 6.07 Å². The topological polar surface area (TPSA) is 69.9 Å². The summed E-state index contributed by atoms with van der Waals surface area (Å²) in [4.78, 5) is 0. The molecule has 1 aromatic carbocycles. The van der Waals surface area contributed by atoms with Gasteiger partial charge in [-0.25, -0.2) is 0 Å². The highest BCUT2D eigenvalue weighted by Gasteiger charge is 2.05. The molecule has 0 aliphatic rings. The monoisotopic (exact) mass is 207 g/mol. The number of hydrogen-bond acceptors (Lipinski definition) is 3. The van der Waals surface area contributed by atoms with Crippen molar-refractivity contribution in [3.05, 3.63) is 23.8 Å². The standard InChI is InChI=1S/C11H14N2O2/c1-14-11-8-9(4-5-12)2-3-10(11)15-7-6-13/h2-3,8H,4-5,7,12H2,1H3/p+1. The Morgan fingerprint density at radius 2 is 2.20 bits per heavy atom. The molecule has 0 bridgehead atoms. The number of ether oxygens (including phenoxy) is 2. The third-order valence-electron chi connectivity index (χ3n) is 1.99. The molecule has 15 heavy (non-hydrogen) atoms. The lowest BCUT2D eigenvalue weighted by Crippen LogP contribution is -2.51. The summed E-state index contributed by atoms with van der Waals surface area (Å²) in [6.45, 7) is 0.882. The van der Waals surface area contributed by atoms with Gasteiger partial charge in [0.25, 0.3) is 0 Å². The molecule has 0 fully saturated rings. The van der Waals surface area contributed by atoms with Crippen LogP contribution in [0, 0.1) is 11.3 Å². The van der Waals surface area contributed by atoms with Crippen LogP contribution in [0.1, 0.15) is 5.56 Å². The number of nitrogens with zero attached hydrogens (tertiary/aromatic N) is 1. The minimum atomic E-state index is 0.0328. The first-order valence-electron chi connectivity index (χ1n) is 4.77. The number of quaternary nitrogens is 1. The molecule has 0 aromatic heterocycles. The van der Waals surface area contributed by atoms with E-state index >= 15 is 0 Å². The molecule has 0 aliphatic carbocycles. The van der Waals surface area contributed by atoms with Crippen LogP contribution in [0.5, 0.6) is 11.5 Å². The molecule has 0 amide bonds. The summed E-state index contributed by atoms with van der Waals surface area (Å²) in [5.41, 5.74) is 4.95. The molecule has 3 N–H and O–H groups in total. The maximum absolute atomic E-state index is 8.41. The summed E-state index contributed by atoms with van der Waals surface area (Å²) in [6, 6.07) is 7.61. The van der Waals surface area contributed by atoms with Gasteiger partial charge in [0.15, 0.2) is 18.1 Å². The molecule has 80 valence electrons. The molecule has 4 heteroatoms. The molecule has 0 saturated heterocycles. The van der Waals surface area contributed by atoms with Crippen molar-refractivity contribution < 1.29 is 15.2 Å². The minimum Gasteiger partial charge on any atom is -0.493 e. The molecule has 0 atom stereocenters. The summed E-state index contributed by atoms with van der Waals surface area (Å²) in [5, 5.41) is 8.41. The maximum atomic E-state index is 8.41. The second-order valence-electron chi connectivity index (χ2n) is 3.04. The zero-order valence-corrected chi connectivity index (χ0v) is 8.82. The van der Waals surface area contributed by atoms with E-state index < -0.39 is 0 Å². The van der Waals surface area contributed by atoms with E-state index in [0.717, 1.165) is 18.5 Å². The second-order valence-corrected chi connectivity index (χ2v) is 3.04. The number of rotatable bonds is 5. The number of methoxy groups -OCH3 is 1. The van der Waals surface area contributed by atoms with E-state index in [2.05, 4.69) is 5.73 Å². The Labute approximate surface area is 89.2 Å². The maximum Gasteiger partial charge on any atom is 0.174 e. The molecule has 0 spiro atoms. The van der Waals surface area contributed by atoms with Crippen molar-refractivity contribution in [2.45, 2.75) is 6.42 Å². The van der Waals surface area contributed by atoms with Gasteiger partial charge in [0.1, 0.15) is 6.07 Å². The predicted molar refractivity (Wildman–Crippen MR) is 55.6 cm³/mol. The van der Waals surface area contributed by atoms with Crippen molar-refractivity contribution in [2.24, 2.45) is 0 Å². The Hall–Kier alpha value is -1.73. The zero-order chi connectivity index (χ0) is 11.1. The van der Waals surface area contributed by atoms with Crippen molar-refractivity contribution >= 4 is 0 Å². The van der Waals surface area contributed by atoms with Crippen LogP contribution in [-0.2, 0) is 6.42 Å². The molecular weight excluding hydrogens is 192 g/mol. The van der Waals surface area contributed by atoms with Crippen LogP contribution in [-0.4, -0.2) is 20.3 Å². The van der Waals surface area contributed by atoms with Crippen molar-refractivity contribution in [2.75, 3.05) is 20.3 Å². The van der Waals surface area contributed by atoms with E-state index in [9.17, 15) is 0 Å². The zero-order valence-electron chi connectivity index (χ0n) is 8.82. The Bertz CT molecular complexity index is 358. The van der Waals surface area contributed by atoms with Crippen LogP contribution in [0.4, 0.5) is 0 Å². The van der Waals surface area contributed by atoms with Gasteiger partial charge in [0, 0.05) is 6.42 Å². The van der Waals surface area contributed by atoms with Gasteiger partial charge in [-0.3, -0.25) is 0 Å². The fourth-order valence-electron chi connectivity index (χ4n) is 1.30. The van der Waals surface area contributed by atoms with Crippen molar-refractivity contribution in [3.8, 4) is 17.6 Å². The highest BCUT2D eigenvalue weighted by atomic mass is 16.5. The van der Waals surface area contributed by atoms with Gasteiger partial charge in [-0.05, 0) is 17.7 Å². The number of hydrogen-bond donors (Lipinski definition) is 1. The van der Waals surface area contributed by atoms with Gasteiger partial charge in [-0.15, -0.1) is 0 Å². The first-order chi connectivity index (χ1) is 7.31. The largest absolute Gasteiger partial charge is 0.493 e. The smallest absolute Gasteiger partial charge is 0.174 e. The molecule has 4 nitrogen and oxygen atoms in total. The van der Waals surface area contributed by atoms with Gasteiger partial charge in [0.2, 0.25) is 0 Å². The lowest BCUT2D eigenvalue weighted by molar-refractivity contribution is -0.366. The molecule has 0 radical (unpaired) electrons. The van der Waals surface area contributed by atoms with E-state index in [-0.39, 0.29) is 6.61 Å². The van der Waals surface area contributed by atoms with Crippen LogP contribution < -0.4 is 15.2 Å². The predicted octanol–water partition coefficient (Wildman–Crippen LogP) is 0.382. The third kappa shape index (κ3) is 3.15. The van der Waals surface area contributed by atoms with E-state index in [1.165, 1.54) is 0 Å². The molecule has 0 aliphatic heterocycles. The SMILES string of the molecule is COc1cc(CC[NH3+])ccc1OCC#N. The molecule has 1 rings (SSSR count). The highest BCUT2D eigenvalue weighted by Crippen LogP contribution is 2.27. The van der Waals surface area contributed by atoms with Gasteiger partial charge in [-0.2, -0.15) is 5.26 Å². The summed E-state index contributed by atoms with van der Waals surface area (Å²) in [5.74, 6) is 1.27. The Morgan fingerprint density at radius 1 is 1.40 bits per heavy atom. The van der Waals surface area contributed by atoms with Crippen LogP contribution in [0.15, 0.2) is 18.2 Å². The third-order valence-corrected chi connectivity index (χ3v) is 1.99. The Morgan fingerprint density at radius 3 is 2.80 bits per heavy atom. The molecule has 1 aromatic rings. The average Bonchev–Trinajstić information content (AvgIpc) is 2.27. The van der Waals surface area contributed by atoms with Gasteiger partial charge in [0.05, 0.1) is 13.7 Å². The first-order valence-corrected chi connectivity index (χ1v) is 4.77. The fraction of sp³-hybridized carbons (Fsp3) is 0.364. The van der Waals surface area contributed by atoms with Crippen LogP contribution in [0.3, 0.4) is 0 Å². The van der Waals surface area contributed by atoms with Crippen molar-refractivity contribution in [1.29, 1.82) is 5.26 Å². The van der Waals surface area contributed by atoms with E-state index in [4.69, 9.17) is 14.7 Å².